The largest absolute Gasteiger partial charge is 0.491 e. The van der Waals surface area contributed by atoms with Crippen LogP contribution in [0.3, 0.4) is 0 Å². The van der Waals surface area contributed by atoms with E-state index in [1.165, 1.54) is 11.1 Å². The molecule has 0 atom stereocenters. The molecule has 0 unspecified atom stereocenters. The molecule has 21 heavy (non-hydrogen) atoms. The monoisotopic (exact) mass is 298 g/mol. The molecule has 3 rings (SSSR count). The maximum absolute atomic E-state index is 5.80. The second kappa shape index (κ2) is 6.24. The van der Waals surface area contributed by atoms with Crippen molar-refractivity contribution in [3.05, 3.63) is 48.0 Å². The Morgan fingerprint density at radius 3 is 2.81 bits per heavy atom. The Hall–Kier alpha value is -1.91. The molecular formula is C17H18N2OS. The molecule has 2 N–H and O–H groups in total. The predicted octanol–water partition coefficient (Wildman–Crippen LogP) is 4.00. The van der Waals surface area contributed by atoms with E-state index in [0.29, 0.717) is 13.2 Å². The number of ether oxygens (including phenoxy) is 1. The molecule has 108 valence electrons. The van der Waals surface area contributed by atoms with E-state index < -0.39 is 0 Å². The third-order valence-electron chi connectivity index (χ3n) is 3.36. The summed E-state index contributed by atoms with van der Waals surface area (Å²) in [5.74, 6) is 0.844. The van der Waals surface area contributed by atoms with Gasteiger partial charge in [-0.3, -0.25) is 0 Å². The van der Waals surface area contributed by atoms with Gasteiger partial charge in [-0.1, -0.05) is 30.3 Å². The topological polar surface area (TPSA) is 48.1 Å². The smallest absolute Gasteiger partial charge is 0.146 e. The summed E-state index contributed by atoms with van der Waals surface area (Å²) in [6.07, 6.45) is 0.852. The van der Waals surface area contributed by atoms with Crippen molar-refractivity contribution in [2.24, 2.45) is 5.73 Å². The first-order valence-corrected chi connectivity index (χ1v) is 7.89. The first-order chi connectivity index (χ1) is 10.3. The van der Waals surface area contributed by atoms with Crippen LogP contribution in [0.2, 0.25) is 0 Å². The highest BCUT2D eigenvalue weighted by atomic mass is 32.1. The van der Waals surface area contributed by atoms with Crippen LogP contribution >= 0.6 is 11.3 Å². The van der Waals surface area contributed by atoms with Crippen LogP contribution in [0.25, 0.3) is 20.8 Å². The van der Waals surface area contributed by atoms with Gasteiger partial charge in [-0.05, 0) is 37.6 Å². The number of aryl methyl sites for hydroxylation is 1. The summed E-state index contributed by atoms with van der Waals surface area (Å²) >= 11 is 1.70. The number of para-hydroxylation sites is 1. The summed E-state index contributed by atoms with van der Waals surface area (Å²) in [4.78, 5) is 4.78. The lowest BCUT2D eigenvalue weighted by Gasteiger charge is -2.05. The van der Waals surface area contributed by atoms with E-state index >= 15 is 0 Å². The van der Waals surface area contributed by atoms with Crippen LogP contribution in [0.1, 0.15) is 12.0 Å². The fourth-order valence-corrected chi connectivity index (χ4v) is 3.31. The molecule has 0 radical (unpaired) electrons. The van der Waals surface area contributed by atoms with Crippen LogP contribution in [0.4, 0.5) is 0 Å². The molecule has 0 aliphatic carbocycles. The number of fused-ring (bicyclic) bond motifs is 1. The van der Waals surface area contributed by atoms with Gasteiger partial charge < -0.3 is 10.5 Å². The molecular weight excluding hydrogens is 280 g/mol. The molecule has 0 saturated heterocycles. The summed E-state index contributed by atoms with van der Waals surface area (Å²) < 4.78 is 6.95. The number of nitrogens with zero attached hydrogens (tertiary/aromatic N) is 1. The fourth-order valence-electron chi connectivity index (χ4n) is 2.23. The van der Waals surface area contributed by atoms with Crippen molar-refractivity contribution in [3.8, 4) is 16.3 Å². The minimum Gasteiger partial charge on any atom is -0.491 e. The third-order valence-corrected chi connectivity index (χ3v) is 4.42. The van der Waals surface area contributed by atoms with Crippen molar-refractivity contribution in [1.82, 2.24) is 4.98 Å². The van der Waals surface area contributed by atoms with E-state index in [1.807, 2.05) is 24.3 Å². The maximum atomic E-state index is 5.80. The average Bonchev–Trinajstić information content (AvgIpc) is 2.92. The van der Waals surface area contributed by atoms with Gasteiger partial charge in [0.15, 0.2) is 0 Å². The Kier molecular flexibility index (Phi) is 4.18. The van der Waals surface area contributed by atoms with Gasteiger partial charge in [0.2, 0.25) is 0 Å². The first kappa shape index (κ1) is 14.0. The van der Waals surface area contributed by atoms with Crippen molar-refractivity contribution in [3.63, 3.8) is 0 Å². The number of benzene rings is 2. The van der Waals surface area contributed by atoms with E-state index in [-0.39, 0.29) is 0 Å². The van der Waals surface area contributed by atoms with E-state index in [2.05, 4.69) is 25.1 Å². The van der Waals surface area contributed by atoms with E-state index in [9.17, 15) is 0 Å². The van der Waals surface area contributed by atoms with Gasteiger partial charge in [-0.25, -0.2) is 4.98 Å². The van der Waals surface area contributed by atoms with Gasteiger partial charge in [-0.15, -0.1) is 11.3 Å². The van der Waals surface area contributed by atoms with Crippen LogP contribution in [0.5, 0.6) is 5.75 Å². The van der Waals surface area contributed by atoms with Crippen LogP contribution in [-0.2, 0) is 0 Å². The standard InChI is InChI=1S/C17H18N2OS/c1-12-6-2-3-7-13(12)17-19-16-14(20-11-5-10-18)8-4-9-15(16)21-17/h2-4,6-9H,5,10-11,18H2,1H3. The van der Waals surface area contributed by atoms with Crippen LogP contribution in [0.15, 0.2) is 42.5 Å². The third kappa shape index (κ3) is 2.91. The van der Waals surface area contributed by atoms with E-state index in [1.54, 1.807) is 11.3 Å². The van der Waals surface area contributed by atoms with Crippen molar-refractivity contribution in [2.45, 2.75) is 13.3 Å². The molecule has 0 saturated carbocycles. The molecule has 4 heteroatoms. The summed E-state index contributed by atoms with van der Waals surface area (Å²) in [5.41, 5.74) is 8.88. The molecule has 3 nitrogen and oxygen atoms in total. The zero-order chi connectivity index (χ0) is 14.7. The number of hydrogen-bond acceptors (Lipinski definition) is 4. The first-order valence-electron chi connectivity index (χ1n) is 7.08. The Morgan fingerprint density at radius 2 is 2.00 bits per heavy atom. The van der Waals surface area contributed by atoms with Gasteiger partial charge in [-0.2, -0.15) is 0 Å². The Labute approximate surface area is 128 Å². The highest BCUT2D eigenvalue weighted by Crippen LogP contribution is 2.35. The molecule has 2 aromatic carbocycles. The molecule has 3 aromatic rings. The van der Waals surface area contributed by atoms with Crippen LogP contribution < -0.4 is 10.5 Å². The molecule has 0 fully saturated rings. The minimum absolute atomic E-state index is 0.632. The maximum Gasteiger partial charge on any atom is 0.146 e. The number of rotatable bonds is 5. The van der Waals surface area contributed by atoms with Gasteiger partial charge in [0, 0.05) is 5.56 Å². The molecule has 0 aliphatic rings. The lowest BCUT2D eigenvalue weighted by atomic mass is 10.1. The van der Waals surface area contributed by atoms with Gasteiger partial charge >= 0.3 is 0 Å². The second-order valence-electron chi connectivity index (χ2n) is 4.93. The molecule has 1 aromatic heterocycles. The summed E-state index contributed by atoms with van der Waals surface area (Å²) in [7, 11) is 0. The number of hydrogen-bond donors (Lipinski definition) is 1. The zero-order valence-corrected chi connectivity index (χ0v) is 12.8. The minimum atomic E-state index is 0.632. The summed E-state index contributed by atoms with van der Waals surface area (Å²) in [6, 6.07) is 14.4. The van der Waals surface area contributed by atoms with Gasteiger partial charge in [0.05, 0.1) is 11.3 Å². The highest BCUT2D eigenvalue weighted by molar-refractivity contribution is 7.21. The SMILES string of the molecule is Cc1ccccc1-c1nc2c(OCCCN)cccc2s1. The van der Waals surface area contributed by atoms with Crippen molar-refractivity contribution >= 4 is 21.6 Å². The van der Waals surface area contributed by atoms with Crippen molar-refractivity contribution < 1.29 is 4.74 Å². The average molecular weight is 298 g/mol. The molecule has 0 bridgehead atoms. The Balaban J connectivity index is 2.00. The number of nitrogens with two attached hydrogens (primary N) is 1. The Bertz CT molecular complexity index is 751. The number of aromatic nitrogens is 1. The molecule has 0 aliphatic heterocycles. The Morgan fingerprint density at radius 1 is 1.14 bits per heavy atom. The van der Waals surface area contributed by atoms with E-state index in [0.717, 1.165) is 27.4 Å². The summed E-state index contributed by atoms with van der Waals surface area (Å²) in [5, 5.41) is 1.04. The number of thiazole rings is 1. The van der Waals surface area contributed by atoms with E-state index in [4.69, 9.17) is 15.5 Å². The lowest BCUT2D eigenvalue weighted by Crippen LogP contribution is -2.06. The van der Waals surface area contributed by atoms with Crippen molar-refractivity contribution in [2.75, 3.05) is 13.2 Å². The summed E-state index contributed by atoms with van der Waals surface area (Å²) in [6.45, 7) is 3.38. The molecule has 0 amide bonds. The highest BCUT2D eigenvalue weighted by Gasteiger charge is 2.11. The van der Waals surface area contributed by atoms with Crippen LogP contribution in [-0.4, -0.2) is 18.1 Å². The predicted molar refractivity (Wildman–Crippen MR) is 89.0 cm³/mol. The van der Waals surface area contributed by atoms with Gasteiger partial charge in [0.1, 0.15) is 16.3 Å². The zero-order valence-electron chi connectivity index (χ0n) is 12.0. The normalized spacial score (nSPS) is 11.0. The fraction of sp³-hybridized carbons (Fsp3) is 0.235. The lowest BCUT2D eigenvalue weighted by molar-refractivity contribution is 0.316. The molecule has 1 heterocycles. The quantitative estimate of drug-likeness (QED) is 0.724. The van der Waals surface area contributed by atoms with Crippen molar-refractivity contribution in [1.29, 1.82) is 0 Å². The van der Waals surface area contributed by atoms with Crippen LogP contribution in [0, 0.1) is 6.92 Å². The van der Waals surface area contributed by atoms with Gasteiger partial charge in [0.25, 0.3) is 0 Å². The molecule has 0 spiro atoms. The second-order valence-corrected chi connectivity index (χ2v) is 5.96.